The molecule has 1 aromatic heterocycles. The third-order valence-electron chi connectivity index (χ3n) is 2.10. The molecular formula is C12H9ClN2. The van der Waals surface area contributed by atoms with Gasteiger partial charge in [0.2, 0.25) is 0 Å². The van der Waals surface area contributed by atoms with Crippen LogP contribution in [0.2, 0.25) is 5.02 Å². The van der Waals surface area contributed by atoms with Crippen LogP contribution in [0.4, 0.5) is 0 Å². The largest absolute Gasteiger partial charge is 0.308 e. The van der Waals surface area contributed by atoms with E-state index in [1.165, 1.54) is 6.21 Å². The fraction of sp³-hybridized carbons (Fsp3) is 0. The maximum Gasteiger partial charge on any atom is 0.0703 e. The lowest BCUT2D eigenvalue weighted by molar-refractivity contribution is 1.33. The first kappa shape index (κ1) is 9.87. The molecule has 0 fully saturated rings. The van der Waals surface area contributed by atoms with E-state index in [0.29, 0.717) is 5.02 Å². The van der Waals surface area contributed by atoms with Gasteiger partial charge in [0.05, 0.1) is 10.7 Å². The number of rotatable bonds is 2. The maximum atomic E-state index is 7.09. The predicted octanol–water partition coefficient (Wildman–Crippen LogP) is 3.40. The number of hydrogen-bond donors (Lipinski definition) is 1. The Kier molecular flexibility index (Phi) is 2.79. The molecule has 1 heterocycles. The Hall–Kier alpha value is -1.67. The van der Waals surface area contributed by atoms with E-state index in [2.05, 4.69) is 4.98 Å². The zero-order valence-electron chi connectivity index (χ0n) is 7.94. The Balaban J connectivity index is 2.37. The van der Waals surface area contributed by atoms with Crippen LogP contribution in [0.1, 0.15) is 5.56 Å². The first-order chi connectivity index (χ1) is 7.29. The van der Waals surface area contributed by atoms with Crippen molar-refractivity contribution < 1.29 is 0 Å². The van der Waals surface area contributed by atoms with Gasteiger partial charge in [-0.1, -0.05) is 35.9 Å². The molecule has 0 radical (unpaired) electrons. The Morgan fingerprint density at radius 1 is 1.07 bits per heavy atom. The van der Waals surface area contributed by atoms with Crippen LogP contribution in [0.25, 0.3) is 11.3 Å². The van der Waals surface area contributed by atoms with E-state index in [-0.39, 0.29) is 0 Å². The normalized spacial score (nSPS) is 9.93. The summed E-state index contributed by atoms with van der Waals surface area (Å²) in [7, 11) is 0. The van der Waals surface area contributed by atoms with E-state index in [4.69, 9.17) is 17.0 Å². The highest BCUT2D eigenvalue weighted by atomic mass is 35.5. The second kappa shape index (κ2) is 4.24. The van der Waals surface area contributed by atoms with Gasteiger partial charge in [-0.2, -0.15) is 0 Å². The van der Waals surface area contributed by atoms with Crippen LogP contribution in [0.15, 0.2) is 42.6 Å². The summed E-state index contributed by atoms with van der Waals surface area (Å²) < 4.78 is 0. The summed E-state index contributed by atoms with van der Waals surface area (Å²) in [4.78, 5) is 4.21. The monoisotopic (exact) mass is 216 g/mol. The molecule has 1 aromatic carbocycles. The van der Waals surface area contributed by atoms with Crippen molar-refractivity contribution in [2.45, 2.75) is 0 Å². The number of pyridine rings is 1. The lowest BCUT2D eigenvalue weighted by Gasteiger charge is -2.00. The summed E-state index contributed by atoms with van der Waals surface area (Å²) in [6.07, 6.45) is 2.94. The molecule has 0 amide bonds. The SMILES string of the molecule is N=Cc1ccc(-c2ccc(Cl)cn2)cc1. The van der Waals surface area contributed by atoms with Gasteiger partial charge in [0.25, 0.3) is 0 Å². The zero-order valence-corrected chi connectivity index (χ0v) is 8.70. The summed E-state index contributed by atoms with van der Waals surface area (Å²) in [5, 5.41) is 7.72. The average Bonchev–Trinajstić information content (AvgIpc) is 2.30. The molecule has 0 aliphatic heterocycles. The van der Waals surface area contributed by atoms with Crippen molar-refractivity contribution >= 4 is 17.8 Å². The molecule has 2 rings (SSSR count). The average molecular weight is 217 g/mol. The van der Waals surface area contributed by atoms with Crippen molar-refractivity contribution in [1.82, 2.24) is 4.98 Å². The van der Waals surface area contributed by atoms with Crippen LogP contribution >= 0.6 is 11.6 Å². The van der Waals surface area contributed by atoms with Gasteiger partial charge in [0, 0.05) is 18.0 Å². The van der Waals surface area contributed by atoms with E-state index in [9.17, 15) is 0 Å². The lowest BCUT2D eigenvalue weighted by Crippen LogP contribution is -1.84. The molecule has 0 bridgehead atoms. The van der Waals surface area contributed by atoms with Crippen molar-refractivity contribution in [3.63, 3.8) is 0 Å². The predicted molar refractivity (Wildman–Crippen MR) is 62.6 cm³/mol. The molecule has 2 nitrogen and oxygen atoms in total. The number of hydrogen-bond acceptors (Lipinski definition) is 2. The fourth-order valence-corrected chi connectivity index (χ4v) is 1.41. The minimum atomic E-state index is 0.634. The molecule has 15 heavy (non-hydrogen) atoms. The number of nitrogens with one attached hydrogen (secondary N) is 1. The van der Waals surface area contributed by atoms with Crippen molar-refractivity contribution in [3.8, 4) is 11.3 Å². The van der Waals surface area contributed by atoms with Crippen LogP contribution in [0.3, 0.4) is 0 Å². The van der Waals surface area contributed by atoms with Crippen molar-refractivity contribution in [3.05, 3.63) is 53.2 Å². The standard InChI is InChI=1S/C12H9ClN2/c13-11-5-6-12(15-8-11)10-3-1-9(7-14)2-4-10/h1-8,14H. The third-order valence-corrected chi connectivity index (χ3v) is 2.32. The van der Waals surface area contributed by atoms with Gasteiger partial charge in [-0.25, -0.2) is 0 Å². The van der Waals surface area contributed by atoms with E-state index in [0.717, 1.165) is 16.8 Å². The molecule has 0 unspecified atom stereocenters. The first-order valence-corrected chi connectivity index (χ1v) is 4.90. The van der Waals surface area contributed by atoms with Crippen molar-refractivity contribution in [2.24, 2.45) is 0 Å². The van der Waals surface area contributed by atoms with Gasteiger partial charge in [-0.05, 0) is 17.7 Å². The van der Waals surface area contributed by atoms with Gasteiger partial charge in [0.1, 0.15) is 0 Å². The Bertz CT molecular complexity index is 460. The topological polar surface area (TPSA) is 36.7 Å². The van der Waals surface area contributed by atoms with Gasteiger partial charge in [0.15, 0.2) is 0 Å². The summed E-state index contributed by atoms with van der Waals surface area (Å²) in [6, 6.07) is 11.3. The molecular weight excluding hydrogens is 208 g/mol. The minimum absolute atomic E-state index is 0.634. The van der Waals surface area contributed by atoms with Crippen LogP contribution in [0.5, 0.6) is 0 Å². The molecule has 74 valence electrons. The van der Waals surface area contributed by atoms with E-state index < -0.39 is 0 Å². The van der Waals surface area contributed by atoms with Gasteiger partial charge in [-0.3, -0.25) is 4.98 Å². The third kappa shape index (κ3) is 2.22. The van der Waals surface area contributed by atoms with Crippen molar-refractivity contribution in [2.75, 3.05) is 0 Å². The molecule has 0 atom stereocenters. The molecule has 1 N–H and O–H groups in total. The minimum Gasteiger partial charge on any atom is -0.308 e. The van der Waals surface area contributed by atoms with Crippen LogP contribution in [-0.4, -0.2) is 11.2 Å². The summed E-state index contributed by atoms with van der Waals surface area (Å²) >= 11 is 5.75. The second-order valence-electron chi connectivity index (χ2n) is 3.13. The number of benzene rings is 1. The fourth-order valence-electron chi connectivity index (χ4n) is 1.30. The molecule has 0 spiro atoms. The van der Waals surface area contributed by atoms with Gasteiger partial charge >= 0.3 is 0 Å². The Morgan fingerprint density at radius 2 is 1.80 bits per heavy atom. The highest BCUT2D eigenvalue weighted by Gasteiger charge is 1.98. The van der Waals surface area contributed by atoms with Gasteiger partial charge < -0.3 is 5.41 Å². The zero-order chi connectivity index (χ0) is 10.7. The van der Waals surface area contributed by atoms with Crippen LogP contribution in [0, 0.1) is 5.41 Å². The molecule has 3 heteroatoms. The number of nitrogens with zero attached hydrogens (tertiary/aromatic N) is 1. The lowest BCUT2D eigenvalue weighted by atomic mass is 10.1. The summed E-state index contributed by atoms with van der Waals surface area (Å²) in [6.45, 7) is 0. The Morgan fingerprint density at radius 3 is 2.33 bits per heavy atom. The second-order valence-corrected chi connectivity index (χ2v) is 3.56. The van der Waals surface area contributed by atoms with E-state index in [1.807, 2.05) is 36.4 Å². The molecule has 0 saturated carbocycles. The van der Waals surface area contributed by atoms with E-state index in [1.54, 1.807) is 6.20 Å². The first-order valence-electron chi connectivity index (χ1n) is 4.52. The molecule has 0 aliphatic carbocycles. The maximum absolute atomic E-state index is 7.09. The highest BCUT2D eigenvalue weighted by molar-refractivity contribution is 6.30. The quantitative estimate of drug-likeness (QED) is 0.768. The molecule has 0 aliphatic rings. The highest BCUT2D eigenvalue weighted by Crippen LogP contribution is 2.18. The number of halogens is 1. The molecule has 0 saturated heterocycles. The summed E-state index contributed by atoms with van der Waals surface area (Å²) in [5.41, 5.74) is 2.79. The van der Waals surface area contributed by atoms with Crippen LogP contribution in [-0.2, 0) is 0 Å². The smallest absolute Gasteiger partial charge is 0.0703 e. The van der Waals surface area contributed by atoms with Crippen LogP contribution < -0.4 is 0 Å². The Labute approximate surface area is 93.1 Å². The van der Waals surface area contributed by atoms with Crippen molar-refractivity contribution in [1.29, 1.82) is 5.41 Å². The van der Waals surface area contributed by atoms with Gasteiger partial charge in [-0.15, -0.1) is 0 Å². The summed E-state index contributed by atoms with van der Waals surface area (Å²) in [5.74, 6) is 0. The van der Waals surface area contributed by atoms with E-state index >= 15 is 0 Å². The number of aromatic nitrogens is 1. The molecule has 2 aromatic rings.